The number of aryl methyl sites for hydroxylation is 2. The molecule has 1 heterocycles. The Morgan fingerprint density at radius 1 is 1.20 bits per heavy atom. The average Bonchev–Trinajstić information content (AvgIpc) is 2.49. The molecule has 0 radical (unpaired) electrons. The predicted molar refractivity (Wildman–Crippen MR) is 61.7 cm³/mol. The summed E-state index contributed by atoms with van der Waals surface area (Å²) >= 11 is 0. The fraction of sp³-hybridized carbons (Fsp3) is 0.250. The van der Waals surface area contributed by atoms with E-state index in [0.29, 0.717) is 5.95 Å². The van der Waals surface area contributed by atoms with Gasteiger partial charge in [0.05, 0.1) is 12.2 Å². The van der Waals surface area contributed by atoms with Crippen LogP contribution < -0.4 is 5.73 Å². The zero-order valence-corrected chi connectivity index (χ0v) is 9.07. The molecule has 0 amide bonds. The first-order valence-electron chi connectivity index (χ1n) is 5.00. The van der Waals surface area contributed by atoms with E-state index in [9.17, 15) is 0 Å². The third-order valence-electron chi connectivity index (χ3n) is 2.40. The van der Waals surface area contributed by atoms with E-state index in [1.807, 2.05) is 17.7 Å². The highest BCUT2D eigenvalue weighted by Gasteiger charge is 2.01. The molecule has 0 saturated carbocycles. The van der Waals surface area contributed by atoms with Crippen LogP contribution in [-0.4, -0.2) is 9.55 Å². The van der Waals surface area contributed by atoms with Gasteiger partial charge in [-0.3, -0.25) is 0 Å². The Hall–Kier alpha value is -1.77. The lowest BCUT2D eigenvalue weighted by Gasteiger charge is -2.04. The van der Waals surface area contributed by atoms with E-state index in [2.05, 4.69) is 36.2 Å². The SMILES string of the molecule is Cc1ccc(Cn2cc(C)nc2N)cc1. The molecule has 0 aliphatic heterocycles. The van der Waals surface area contributed by atoms with Gasteiger partial charge in [0.2, 0.25) is 5.95 Å². The molecule has 2 rings (SSSR count). The van der Waals surface area contributed by atoms with Gasteiger partial charge < -0.3 is 10.3 Å². The number of aromatic nitrogens is 2. The molecule has 3 nitrogen and oxygen atoms in total. The monoisotopic (exact) mass is 201 g/mol. The zero-order valence-electron chi connectivity index (χ0n) is 9.07. The molecule has 2 aromatic rings. The summed E-state index contributed by atoms with van der Waals surface area (Å²) in [5, 5.41) is 0. The summed E-state index contributed by atoms with van der Waals surface area (Å²) in [5.74, 6) is 0.577. The average molecular weight is 201 g/mol. The van der Waals surface area contributed by atoms with Crippen molar-refractivity contribution in [1.29, 1.82) is 0 Å². The smallest absolute Gasteiger partial charge is 0.200 e. The van der Waals surface area contributed by atoms with Crippen LogP contribution in [-0.2, 0) is 6.54 Å². The van der Waals surface area contributed by atoms with Gasteiger partial charge >= 0.3 is 0 Å². The van der Waals surface area contributed by atoms with E-state index in [4.69, 9.17) is 5.73 Å². The van der Waals surface area contributed by atoms with E-state index in [1.165, 1.54) is 11.1 Å². The van der Waals surface area contributed by atoms with Crippen LogP contribution >= 0.6 is 0 Å². The van der Waals surface area contributed by atoms with Crippen molar-refractivity contribution in [3.05, 3.63) is 47.3 Å². The van der Waals surface area contributed by atoms with E-state index in [-0.39, 0.29) is 0 Å². The Bertz CT molecular complexity index is 454. The van der Waals surface area contributed by atoms with Crippen molar-refractivity contribution in [3.63, 3.8) is 0 Å². The molecule has 1 aromatic carbocycles. The minimum atomic E-state index is 0.577. The number of benzene rings is 1. The second-order valence-electron chi connectivity index (χ2n) is 3.85. The summed E-state index contributed by atoms with van der Waals surface area (Å²) in [6.07, 6.45) is 1.97. The largest absolute Gasteiger partial charge is 0.369 e. The summed E-state index contributed by atoms with van der Waals surface area (Å²) in [5.41, 5.74) is 9.24. The van der Waals surface area contributed by atoms with Crippen molar-refractivity contribution in [3.8, 4) is 0 Å². The first-order valence-corrected chi connectivity index (χ1v) is 5.00. The molecule has 3 heteroatoms. The molecule has 0 fully saturated rings. The van der Waals surface area contributed by atoms with Crippen LogP contribution in [0.4, 0.5) is 5.95 Å². The van der Waals surface area contributed by atoms with E-state index < -0.39 is 0 Å². The lowest BCUT2D eigenvalue weighted by atomic mass is 10.1. The number of nitrogens with zero attached hydrogens (tertiary/aromatic N) is 2. The van der Waals surface area contributed by atoms with Crippen LogP contribution in [0.1, 0.15) is 16.8 Å². The summed E-state index contributed by atoms with van der Waals surface area (Å²) in [6, 6.07) is 8.44. The van der Waals surface area contributed by atoms with Crippen LogP contribution in [0.2, 0.25) is 0 Å². The molecule has 1 aromatic heterocycles. The van der Waals surface area contributed by atoms with Gasteiger partial charge in [-0.2, -0.15) is 0 Å². The molecule has 0 aliphatic rings. The lowest BCUT2D eigenvalue weighted by Crippen LogP contribution is -2.03. The molecule has 0 bridgehead atoms. The van der Waals surface area contributed by atoms with E-state index in [0.717, 1.165) is 12.2 Å². The molecule has 15 heavy (non-hydrogen) atoms. The number of nitrogens with two attached hydrogens (primary N) is 1. The van der Waals surface area contributed by atoms with E-state index >= 15 is 0 Å². The van der Waals surface area contributed by atoms with Gasteiger partial charge in [-0.15, -0.1) is 0 Å². The summed E-state index contributed by atoms with van der Waals surface area (Å²) in [6.45, 7) is 4.81. The Morgan fingerprint density at radius 2 is 1.87 bits per heavy atom. The molecule has 0 atom stereocenters. The Kier molecular flexibility index (Phi) is 2.46. The van der Waals surface area contributed by atoms with Crippen molar-refractivity contribution in [1.82, 2.24) is 9.55 Å². The molecule has 0 aliphatic carbocycles. The topological polar surface area (TPSA) is 43.8 Å². The highest BCUT2D eigenvalue weighted by molar-refractivity contribution is 5.26. The number of hydrogen-bond acceptors (Lipinski definition) is 2. The van der Waals surface area contributed by atoms with Gasteiger partial charge in [-0.05, 0) is 19.4 Å². The Labute approximate surface area is 89.6 Å². The number of anilines is 1. The van der Waals surface area contributed by atoms with Gasteiger partial charge in [-0.25, -0.2) is 4.98 Å². The molecule has 0 saturated heterocycles. The lowest BCUT2D eigenvalue weighted by molar-refractivity contribution is 0.810. The van der Waals surface area contributed by atoms with Crippen molar-refractivity contribution in [2.24, 2.45) is 0 Å². The normalized spacial score (nSPS) is 10.5. The third kappa shape index (κ3) is 2.18. The van der Waals surface area contributed by atoms with Gasteiger partial charge in [0, 0.05) is 6.20 Å². The second-order valence-corrected chi connectivity index (χ2v) is 3.85. The van der Waals surface area contributed by atoms with Crippen molar-refractivity contribution >= 4 is 5.95 Å². The number of nitrogen functional groups attached to an aromatic ring is 1. The third-order valence-corrected chi connectivity index (χ3v) is 2.40. The van der Waals surface area contributed by atoms with Crippen molar-refractivity contribution in [2.75, 3.05) is 5.73 Å². The maximum absolute atomic E-state index is 5.77. The first-order chi connectivity index (χ1) is 7.15. The van der Waals surface area contributed by atoms with Crippen LogP contribution in [0.3, 0.4) is 0 Å². The molecular formula is C12H15N3. The van der Waals surface area contributed by atoms with Crippen LogP contribution in [0.5, 0.6) is 0 Å². The van der Waals surface area contributed by atoms with Crippen molar-refractivity contribution < 1.29 is 0 Å². The fourth-order valence-corrected chi connectivity index (χ4v) is 1.58. The number of hydrogen-bond donors (Lipinski definition) is 1. The van der Waals surface area contributed by atoms with Gasteiger partial charge in [0.25, 0.3) is 0 Å². The maximum Gasteiger partial charge on any atom is 0.200 e. The predicted octanol–water partition coefficient (Wildman–Crippen LogP) is 2.13. The summed E-state index contributed by atoms with van der Waals surface area (Å²) < 4.78 is 1.96. The van der Waals surface area contributed by atoms with E-state index in [1.54, 1.807) is 0 Å². The van der Waals surface area contributed by atoms with Gasteiger partial charge in [0.1, 0.15) is 0 Å². The maximum atomic E-state index is 5.77. The molecule has 2 N–H and O–H groups in total. The van der Waals surface area contributed by atoms with Gasteiger partial charge in [0.15, 0.2) is 0 Å². The zero-order chi connectivity index (χ0) is 10.8. The summed E-state index contributed by atoms with van der Waals surface area (Å²) in [4.78, 5) is 4.17. The quantitative estimate of drug-likeness (QED) is 0.808. The van der Waals surface area contributed by atoms with Crippen molar-refractivity contribution in [2.45, 2.75) is 20.4 Å². The fourth-order valence-electron chi connectivity index (χ4n) is 1.58. The number of rotatable bonds is 2. The minimum absolute atomic E-state index is 0.577. The molecule has 0 unspecified atom stereocenters. The molecular weight excluding hydrogens is 186 g/mol. The standard InChI is InChI=1S/C12H15N3/c1-9-3-5-11(6-4-9)8-15-7-10(2)14-12(15)13/h3-7H,8H2,1-2H3,(H2,13,14). The number of imidazole rings is 1. The molecule has 0 spiro atoms. The Morgan fingerprint density at radius 3 is 2.40 bits per heavy atom. The highest BCUT2D eigenvalue weighted by atomic mass is 15.1. The highest BCUT2D eigenvalue weighted by Crippen LogP contribution is 2.09. The first kappa shape index (κ1) is 9.77. The second kappa shape index (κ2) is 3.77. The van der Waals surface area contributed by atoms with Crippen LogP contribution in [0.25, 0.3) is 0 Å². The molecule has 78 valence electrons. The van der Waals surface area contributed by atoms with Crippen LogP contribution in [0.15, 0.2) is 30.5 Å². The minimum Gasteiger partial charge on any atom is -0.369 e. The van der Waals surface area contributed by atoms with Gasteiger partial charge in [-0.1, -0.05) is 29.8 Å². The Balaban J connectivity index is 2.21. The summed E-state index contributed by atoms with van der Waals surface area (Å²) in [7, 11) is 0. The van der Waals surface area contributed by atoms with Crippen LogP contribution in [0, 0.1) is 13.8 Å².